The van der Waals surface area contributed by atoms with Gasteiger partial charge < -0.3 is 30.5 Å². The second kappa shape index (κ2) is 13.1. The largest absolute Gasteiger partial charge is 2.00 e. The van der Waals surface area contributed by atoms with Gasteiger partial charge in [-0.15, -0.1) is 23.4 Å². The summed E-state index contributed by atoms with van der Waals surface area (Å²) in [5.74, 6) is 0. The Balaban J connectivity index is 0. The topological polar surface area (TPSA) is 23.8 Å². The standard InChI is InChI=1S/C15H17.C6H6N.2ClH.Ti/c1-4-13-7-5-6-8-15(13)14-10-9-11(2)12(14)3;7-6-4-2-1-3-5-6;;;/h4-9H,10H2,1-3H3;1-5,7H;2*1H;/q2*-1;;;+2/p-2. The van der Waals surface area contributed by atoms with Gasteiger partial charge in [0, 0.05) is 0 Å². The zero-order valence-corrected chi connectivity index (χ0v) is 17.9. The van der Waals surface area contributed by atoms with Crippen molar-refractivity contribution in [1.29, 1.82) is 0 Å². The molecular weight excluding hydrogens is 385 g/mol. The Bertz CT molecular complexity index is 694. The van der Waals surface area contributed by atoms with Crippen LogP contribution in [-0.2, 0) is 21.7 Å². The predicted molar refractivity (Wildman–Crippen MR) is 96.9 cm³/mol. The van der Waals surface area contributed by atoms with E-state index in [4.69, 9.17) is 5.73 Å². The molecule has 1 aliphatic carbocycles. The monoisotopic (exact) mass is 407 g/mol. The first-order valence-electron chi connectivity index (χ1n) is 7.65. The Morgan fingerprint density at radius 2 is 1.44 bits per heavy atom. The van der Waals surface area contributed by atoms with E-state index in [9.17, 15) is 0 Å². The molecule has 0 aliphatic heterocycles. The predicted octanol–water partition coefficient (Wildman–Crippen LogP) is 0.758. The van der Waals surface area contributed by atoms with Gasteiger partial charge in [0.1, 0.15) is 0 Å². The van der Waals surface area contributed by atoms with Crippen molar-refractivity contribution < 1.29 is 46.5 Å². The average molecular weight is 408 g/mol. The maximum Gasteiger partial charge on any atom is 2.00 e. The van der Waals surface area contributed by atoms with Gasteiger partial charge in [0.2, 0.25) is 0 Å². The second-order valence-electron chi connectivity index (χ2n) is 5.44. The van der Waals surface area contributed by atoms with Crippen LogP contribution in [0.5, 0.6) is 0 Å². The SMILES string of the molecule is C[CH-]c1ccccc1C1=C(C)C(C)=CC1.[Cl-].[Cl-].[NH-]c1ccccc1.[Ti+2]. The summed E-state index contributed by atoms with van der Waals surface area (Å²) >= 11 is 0. The summed E-state index contributed by atoms with van der Waals surface area (Å²) in [4.78, 5) is 0. The zero-order chi connectivity index (χ0) is 15.9. The van der Waals surface area contributed by atoms with Crippen LogP contribution < -0.4 is 24.8 Å². The molecule has 0 saturated carbocycles. The molecule has 25 heavy (non-hydrogen) atoms. The number of allylic oxidation sites excluding steroid dienone is 4. The first kappa shape index (κ1) is 26.1. The van der Waals surface area contributed by atoms with Gasteiger partial charge in [-0.3, -0.25) is 0 Å². The zero-order valence-electron chi connectivity index (χ0n) is 14.8. The van der Waals surface area contributed by atoms with E-state index in [1.807, 2.05) is 18.2 Å². The van der Waals surface area contributed by atoms with E-state index in [0.29, 0.717) is 5.69 Å². The van der Waals surface area contributed by atoms with E-state index >= 15 is 0 Å². The van der Waals surface area contributed by atoms with Crippen molar-refractivity contribution in [2.75, 3.05) is 0 Å². The fraction of sp³-hybridized carbons (Fsp3) is 0.190. The summed E-state index contributed by atoms with van der Waals surface area (Å²) < 4.78 is 0. The summed E-state index contributed by atoms with van der Waals surface area (Å²) in [5, 5.41) is 0. The Morgan fingerprint density at radius 1 is 0.880 bits per heavy atom. The van der Waals surface area contributed by atoms with Crippen LogP contribution in [0.1, 0.15) is 38.3 Å². The van der Waals surface area contributed by atoms with Crippen LogP contribution in [-0.4, -0.2) is 0 Å². The summed E-state index contributed by atoms with van der Waals surface area (Å²) in [7, 11) is 0. The molecule has 0 fully saturated rings. The molecule has 1 nitrogen and oxygen atoms in total. The normalized spacial score (nSPS) is 11.7. The third-order valence-electron chi connectivity index (χ3n) is 4.03. The maximum atomic E-state index is 7.00. The van der Waals surface area contributed by atoms with Crippen LogP contribution in [0, 0.1) is 6.42 Å². The molecule has 2 aromatic carbocycles. The number of hydrogen-bond acceptors (Lipinski definition) is 0. The minimum atomic E-state index is 0. The molecule has 1 aliphatic rings. The number of rotatable bonds is 2. The molecule has 132 valence electrons. The quantitative estimate of drug-likeness (QED) is 0.518. The number of hydrogen-bond donors (Lipinski definition) is 0. The summed E-state index contributed by atoms with van der Waals surface area (Å²) in [6.07, 6.45) is 5.59. The van der Waals surface area contributed by atoms with Crippen molar-refractivity contribution in [1.82, 2.24) is 0 Å². The first-order chi connectivity index (χ1) is 10.6. The van der Waals surface area contributed by atoms with Crippen molar-refractivity contribution in [2.45, 2.75) is 27.2 Å². The molecule has 0 bridgehead atoms. The van der Waals surface area contributed by atoms with Crippen LogP contribution >= 0.6 is 0 Å². The van der Waals surface area contributed by atoms with E-state index in [1.165, 1.54) is 27.8 Å². The molecule has 2 aromatic rings. The van der Waals surface area contributed by atoms with E-state index in [-0.39, 0.29) is 46.5 Å². The molecular formula is C21H23Cl2NTi-2. The van der Waals surface area contributed by atoms with Crippen LogP contribution in [0.4, 0.5) is 5.69 Å². The van der Waals surface area contributed by atoms with Gasteiger partial charge >= 0.3 is 21.7 Å². The molecule has 0 unspecified atom stereocenters. The van der Waals surface area contributed by atoms with E-state index in [1.54, 1.807) is 12.1 Å². The van der Waals surface area contributed by atoms with Gasteiger partial charge in [-0.25, -0.2) is 0 Å². The number of nitrogens with one attached hydrogen (secondary N) is 1. The maximum absolute atomic E-state index is 7.00. The van der Waals surface area contributed by atoms with Crippen LogP contribution in [0.3, 0.4) is 0 Å². The smallest absolute Gasteiger partial charge is 1.00 e. The minimum Gasteiger partial charge on any atom is -1.00 e. The third kappa shape index (κ3) is 7.34. The van der Waals surface area contributed by atoms with Gasteiger partial charge in [-0.2, -0.15) is 18.1 Å². The van der Waals surface area contributed by atoms with E-state index in [2.05, 4.69) is 57.5 Å². The molecule has 0 heterocycles. The Labute approximate surface area is 179 Å². The summed E-state index contributed by atoms with van der Waals surface area (Å²) in [6, 6.07) is 17.7. The molecule has 0 saturated heterocycles. The van der Waals surface area contributed by atoms with Crippen LogP contribution in [0.15, 0.2) is 71.8 Å². The van der Waals surface area contributed by atoms with Gasteiger partial charge in [0.15, 0.2) is 0 Å². The molecule has 0 amide bonds. The van der Waals surface area contributed by atoms with Crippen molar-refractivity contribution in [2.24, 2.45) is 0 Å². The van der Waals surface area contributed by atoms with E-state index in [0.717, 1.165) is 6.42 Å². The Morgan fingerprint density at radius 3 is 1.88 bits per heavy atom. The third-order valence-corrected chi connectivity index (χ3v) is 4.03. The minimum absolute atomic E-state index is 0. The van der Waals surface area contributed by atoms with Crippen molar-refractivity contribution in [3.05, 3.63) is 95.1 Å². The Hall–Kier alpha value is -1.12. The number of halogens is 2. The van der Waals surface area contributed by atoms with Gasteiger partial charge in [-0.05, 0) is 20.3 Å². The molecule has 0 aromatic heterocycles. The molecule has 0 atom stereocenters. The van der Waals surface area contributed by atoms with Gasteiger partial charge in [0.05, 0.1) is 0 Å². The van der Waals surface area contributed by atoms with Gasteiger partial charge in [0.25, 0.3) is 0 Å². The molecule has 0 radical (unpaired) electrons. The molecule has 1 N–H and O–H groups in total. The fourth-order valence-electron chi connectivity index (χ4n) is 2.57. The molecule has 4 heteroatoms. The summed E-state index contributed by atoms with van der Waals surface area (Å²) in [5.41, 5.74) is 14.7. The number of benzene rings is 2. The van der Waals surface area contributed by atoms with E-state index < -0.39 is 0 Å². The summed E-state index contributed by atoms with van der Waals surface area (Å²) in [6.45, 7) is 6.52. The van der Waals surface area contributed by atoms with Crippen molar-refractivity contribution >= 4 is 11.3 Å². The van der Waals surface area contributed by atoms with Crippen molar-refractivity contribution in [3.8, 4) is 0 Å². The van der Waals surface area contributed by atoms with Crippen LogP contribution in [0.25, 0.3) is 11.3 Å². The average Bonchev–Trinajstić information content (AvgIpc) is 2.88. The fourth-order valence-corrected chi connectivity index (χ4v) is 2.57. The molecule has 0 spiro atoms. The van der Waals surface area contributed by atoms with Gasteiger partial charge in [-0.1, -0.05) is 66.1 Å². The van der Waals surface area contributed by atoms with Crippen LogP contribution in [0.2, 0.25) is 0 Å². The molecule has 3 rings (SSSR count). The van der Waals surface area contributed by atoms with Crippen molar-refractivity contribution in [3.63, 3.8) is 0 Å². The Kier molecular flexibility index (Phi) is 13.7. The second-order valence-corrected chi connectivity index (χ2v) is 5.44. The first-order valence-corrected chi connectivity index (χ1v) is 7.65.